The molecular formula is C25H16Br2O. The highest BCUT2D eigenvalue weighted by molar-refractivity contribution is 9.11. The Kier molecular flexibility index (Phi) is 3.30. The Morgan fingerprint density at radius 1 is 0.714 bits per heavy atom. The van der Waals surface area contributed by atoms with E-state index in [9.17, 15) is 0 Å². The first-order valence-corrected chi connectivity index (χ1v) is 10.9. The topological polar surface area (TPSA) is 13.1 Å². The second-order valence-corrected chi connectivity index (χ2v) is 9.74. The van der Waals surface area contributed by atoms with Crippen molar-refractivity contribution < 1.29 is 4.42 Å². The molecule has 6 rings (SSSR count). The van der Waals surface area contributed by atoms with Gasteiger partial charge in [-0.2, -0.15) is 0 Å². The number of fused-ring (bicyclic) bond motifs is 9. The van der Waals surface area contributed by atoms with E-state index in [1.165, 1.54) is 33.0 Å². The summed E-state index contributed by atoms with van der Waals surface area (Å²) in [7, 11) is 0. The van der Waals surface area contributed by atoms with Gasteiger partial charge in [-0.3, -0.25) is 0 Å². The van der Waals surface area contributed by atoms with Crippen molar-refractivity contribution in [1.82, 2.24) is 0 Å². The van der Waals surface area contributed by atoms with Crippen molar-refractivity contribution >= 4 is 64.6 Å². The van der Waals surface area contributed by atoms with Crippen LogP contribution in [0.3, 0.4) is 0 Å². The Hall–Kier alpha value is -2.10. The summed E-state index contributed by atoms with van der Waals surface area (Å²) >= 11 is 7.71. The summed E-state index contributed by atoms with van der Waals surface area (Å²) in [4.78, 5) is 0. The molecule has 1 nitrogen and oxygen atoms in total. The molecule has 5 aromatic rings. The molecule has 0 N–H and O–H groups in total. The molecule has 0 fully saturated rings. The van der Waals surface area contributed by atoms with E-state index in [0.29, 0.717) is 0 Å². The van der Waals surface area contributed by atoms with Gasteiger partial charge in [0.25, 0.3) is 0 Å². The van der Waals surface area contributed by atoms with Crippen LogP contribution in [-0.4, -0.2) is 0 Å². The van der Waals surface area contributed by atoms with E-state index in [2.05, 4.69) is 100 Å². The average Bonchev–Trinajstić information content (AvgIpc) is 3.16. The van der Waals surface area contributed by atoms with Crippen LogP contribution in [0.25, 0.3) is 43.8 Å². The summed E-state index contributed by atoms with van der Waals surface area (Å²) in [6.07, 6.45) is 0. The third-order valence-corrected chi connectivity index (χ3v) is 7.44. The lowest BCUT2D eigenvalue weighted by atomic mass is 9.82. The highest BCUT2D eigenvalue weighted by Gasteiger charge is 2.41. The van der Waals surface area contributed by atoms with E-state index in [-0.39, 0.29) is 5.41 Å². The van der Waals surface area contributed by atoms with Crippen LogP contribution < -0.4 is 0 Å². The van der Waals surface area contributed by atoms with Crippen LogP contribution in [0.1, 0.15) is 25.0 Å². The van der Waals surface area contributed by atoms with Crippen molar-refractivity contribution in [3.8, 4) is 11.1 Å². The largest absolute Gasteiger partial charge is 0.455 e. The minimum Gasteiger partial charge on any atom is -0.455 e. The van der Waals surface area contributed by atoms with E-state index >= 15 is 0 Å². The summed E-state index contributed by atoms with van der Waals surface area (Å²) in [5.41, 5.74) is 6.96. The molecule has 1 aliphatic carbocycles. The van der Waals surface area contributed by atoms with Crippen molar-refractivity contribution in [2.45, 2.75) is 19.3 Å². The predicted octanol–water partition coefficient (Wildman–Crippen LogP) is 8.57. The maximum atomic E-state index is 6.45. The van der Waals surface area contributed by atoms with E-state index in [4.69, 9.17) is 4.42 Å². The molecule has 0 bridgehead atoms. The van der Waals surface area contributed by atoms with E-state index in [0.717, 1.165) is 30.9 Å². The highest BCUT2D eigenvalue weighted by atomic mass is 79.9. The molecule has 28 heavy (non-hydrogen) atoms. The van der Waals surface area contributed by atoms with Gasteiger partial charge in [0.15, 0.2) is 0 Å². The minimum atomic E-state index is -0.122. The zero-order valence-corrected chi connectivity index (χ0v) is 18.6. The lowest BCUT2D eigenvalue weighted by Gasteiger charge is -2.23. The third-order valence-electron chi connectivity index (χ3n) is 6.16. The maximum Gasteiger partial charge on any atom is 0.143 e. The Labute approximate surface area is 179 Å². The van der Waals surface area contributed by atoms with Gasteiger partial charge >= 0.3 is 0 Å². The normalized spacial score (nSPS) is 14.7. The zero-order chi connectivity index (χ0) is 19.2. The van der Waals surface area contributed by atoms with Gasteiger partial charge in [0, 0.05) is 30.7 Å². The van der Waals surface area contributed by atoms with E-state index < -0.39 is 0 Å². The lowest BCUT2D eigenvalue weighted by molar-refractivity contribution is 0.650. The first kappa shape index (κ1) is 16.8. The van der Waals surface area contributed by atoms with Gasteiger partial charge in [0.2, 0.25) is 0 Å². The number of halogens is 2. The molecule has 0 saturated heterocycles. The smallest absolute Gasteiger partial charge is 0.143 e. The van der Waals surface area contributed by atoms with Crippen LogP contribution in [0.5, 0.6) is 0 Å². The summed E-state index contributed by atoms with van der Waals surface area (Å²) in [6, 6.07) is 21.4. The number of rotatable bonds is 0. The van der Waals surface area contributed by atoms with Crippen LogP contribution in [0.15, 0.2) is 74.0 Å². The zero-order valence-electron chi connectivity index (χ0n) is 15.4. The fraction of sp³-hybridized carbons (Fsp3) is 0.120. The molecule has 0 aliphatic heterocycles. The Bertz CT molecular complexity index is 1460. The number of hydrogen-bond donors (Lipinski definition) is 0. The molecule has 0 spiro atoms. The fourth-order valence-corrected chi connectivity index (χ4v) is 6.40. The molecule has 0 radical (unpaired) electrons. The standard InChI is InChI=1S/C25H16Br2O/c1-25(2)17-12-18(26)13-7-3-4-9-15(13)21(17)22-23(25)19(27)11-16-14-8-5-6-10-20(14)28-24(16)22/h3-12H,1-2H3. The molecule has 1 aromatic heterocycles. The molecule has 0 unspecified atom stereocenters. The van der Waals surface area contributed by atoms with Gasteiger partial charge in [-0.1, -0.05) is 88.2 Å². The second-order valence-electron chi connectivity index (χ2n) is 8.03. The third kappa shape index (κ3) is 1.96. The Morgan fingerprint density at radius 3 is 2.18 bits per heavy atom. The van der Waals surface area contributed by atoms with Crippen molar-refractivity contribution in [3.63, 3.8) is 0 Å². The number of furan rings is 1. The molecule has 0 amide bonds. The quantitative estimate of drug-likeness (QED) is 0.211. The van der Waals surface area contributed by atoms with Gasteiger partial charge in [0.1, 0.15) is 11.2 Å². The number of hydrogen-bond acceptors (Lipinski definition) is 1. The predicted molar refractivity (Wildman–Crippen MR) is 124 cm³/mol. The van der Waals surface area contributed by atoms with Crippen LogP contribution in [-0.2, 0) is 5.41 Å². The first-order valence-electron chi connectivity index (χ1n) is 9.35. The molecule has 3 heteroatoms. The monoisotopic (exact) mass is 490 g/mol. The maximum absolute atomic E-state index is 6.45. The fourth-order valence-electron chi connectivity index (χ4n) is 4.90. The van der Waals surface area contributed by atoms with Crippen molar-refractivity contribution in [3.05, 3.63) is 80.7 Å². The summed E-state index contributed by atoms with van der Waals surface area (Å²) in [6.45, 7) is 4.61. The summed E-state index contributed by atoms with van der Waals surface area (Å²) in [5, 5.41) is 4.82. The summed E-state index contributed by atoms with van der Waals surface area (Å²) < 4.78 is 8.73. The van der Waals surface area contributed by atoms with Gasteiger partial charge in [0.05, 0.1) is 0 Å². The molecule has 0 atom stereocenters. The summed E-state index contributed by atoms with van der Waals surface area (Å²) in [5.74, 6) is 0. The van der Waals surface area contributed by atoms with Gasteiger partial charge in [-0.05, 0) is 45.7 Å². The van der Waals surface area contributed by atoms with Gasteiger partial charge < -0.3 is 4.42 Å². The van der Waals surface area contributed by atoms with Crippen LogP contribution in [0.2, 0.25) is 0 Å². The minimum absolute atomic E-state index is 0.122. The van der Waals surface area contributed by atoms with Crippen LogP contribution in [0.4, 0.5) is 0 Å². The average molecular weight is 492 g/mol. The second kappa shape index (κ2) is 5.49. The van der Waals surface area contributed by atoms with Crippen molar-refractivity contribution in [2.24, 2.45) is 0 Å². The van der Waals surface area contributed by atoms with Crippen molar-refractivity contribution in [2.75, 3.05) is 0 Å². The number of benzene rings is 4. The highest BCUT2D eigenvalue weighted by Crippen LogP contribution is 2.57. The molecule has 4 aromatic carbocycles. The van der Waals surface area contributed by atoms with Gasteiger partial charge in [-0.15, -0.1) is 0 Å². The number of para-hydroxylation sites is 1. The van der Waals surface area contributed by atoms with Crippen LogP contribution >= 0.6 is 31.9 Å². The Balaban J connectivity index is 1.91. The van der Waals surface area contributed by atoms with Crippen molar-refractivity contribution in [1.29, 1.82) is 0 Å². The molecular weight excluding hydrogens is 476 g/mol. The van der Waals surface area contributed by atoms with E-state index in [1.54, 1.807) is 0 Å². The lowest BCUT2D eigenvalue weighted by Crippen LogP contribution is -2.15. The molecule has 1 heterocycles. The first-order chi connectivity index (χ1) is 13.5. The van der Waals surface area contributed by atoms with Crippen LogP contribution in [0, 0.1) is 0 Å². The molecule has 1 aliphatic rings. The van der Waals surface area contributed by atoms with E-state index in [1.807, 2.05) is 6.07 Å². The van der Waals surface area contributed by atoms with Gasteiger partial charge in [-0.25, -0.2) is 0 Å². The molecule has 0 saturated carbocycles. The molecule has 136 valence electrons. The SMILES string of the molecule is CC1(C)c2cc(Br)c3ccccc3c2-c2c1c(Br)cc1c2oc2ccccc21. The Morgan fingerprint density at radius 2 is 1.39 bits per heavy atom.